The highest BCUT2D eigenvalue weighted by Gasteiger charge is 2.15. The first kappa shape index (κ1) is 17.5. The molecule has 0 unspecified atom stereocenters. The summed E-state index contributed by atoms with van der Waals surface area (Å²) in [7, 11) is -3.37. The number of hydrogen-bond donors (Lipinski definition) is 3. The van der Waals surface area contributed by atoms with Crippen LogP contribution in [0.5, 0.6) is 0 Å². The van der Waals surface area contributed by atoms with Crippen molar-refractivity contribution in [3.63, 3.8) is 0 Å². The van der Waals surface area contributed by atoms with Gasteiger partial charge in [0.25, 0.3) is 0 Å². The van der Waals surface area contributed by atoms with Crippen molar-refractivity contribution >= 4 is 15.7 Å². The third-order valence-corrected chi connectivity index (χ3v) is 4.82. The van der Waals surface area contributed by atoms with Crippen LogP contribution in [0, 0.1) is 0 Å². The highest BCUT2D eigenvalue weighted by molar-refractivity contribution is 7.91. The Bertz CT molecular complexity index is 571. The largest absolute Gasteiger partial charge is 0.409 e. The lowest BCUT2D eigenvalue weighted by Gasteiger charge is -2.07. The smallest absolute Gasteiger partial charge is 0.179 e. The van der Waals surface area contributed by atoms with Gasteiger partial charge >= 0.3 is 0 Å². The zero-order chi connectivity index (χ0) is 15.7. The van der Waals surface area contributed by atoms with Crippen LogP contribution in [0.15, 0.2) is 34.3 Å². The predicted molar refractivity (Wildman–Crippen MR) is 83.4 cm³/mol. The second-order valence-corrected chi connectivity index (χ2v) is 6.90. The van der Waals surface area contributed by atoms with E-state index < -0.39 is 9.84 Å². The Labute approximate surface area is 126 Å². The number of oxime groups is 1. The molecular weight excluding hydrogens is 290 g/mol. The normalized spacial score (nSPS) is 12.5. The summed E-state index contributed by atoms with van der Waals surface area (Å²) in [6, 6.07) is 6.11. The minimum atomic E-state index is -3.37. The molecule has 0 amide bonds. The Balaban J connectivity index is 2.62. The van der Waals surface area contributed by atoms with Gasteiger partial charge in [-0.05, 0) is 25.1 Å². The van der Waals surface area contributed by atoms with E-state index in [-0.39, 0.29) is 16.5 Å². The van der Waals surface area contributed by atoms with Gasteiger partial charge in [-0.15, -0.1) is 0 Å². The lowest BCUT2D eigenvalue weighted by molar-refractivity contribution is 0.318. The topological polar surface area (TPSA) is 105 Å². The molecular formula is C14H23N3O3S. The number of benzene rings is 1. The van der Waals surface area contributed by atoms with Gasteiger partial charge in [0.2, 0.25) is 0 Å². The molecule has 0 bridgehead atoms. The van der Waals surface area contributed by atoms with Crippen LogP contribution in [0.2, 0.25) is 0 Å². The molecule has 0 saturated heterocycles. The summed E-state index contributed by atoms with van der Waals surface area (Å²) < 4.78 is 24.4. The SMILES string of the molecule is CCCCCNCCS(=O)(=O)c1cccc(/C(N)=N/O)c1. The van der Waals surface area contributed by atoms with Crippen LogP contribution in [0.4, 0.5) is 0 Å². The summed E-state index contributed by atoms with van der Waals surface area (Å²) in [5.41, 5.74) is 5.85. The minimum absolute atomic E-state index is 0.0265. The van der Waals surface area contributed by atoms with E-state index in [4.69, 9.17) is 10.9 Å². The van der Waals surface area contributed by atoms with Gasteiger partial charge in [-0.1, -0.05) is 37.1 Å². The summed E-state index contributed by atoms with van der Waals surface area (Å²) in [4.78, 5) is 0.182. The molecule has 21 heavy (non-hydrogen) atoms. The molecule has 4 N–H and O–H groups in total. The van der Waals surface area contributed by atoms with Crippen LogP contribution in [0.25, 0.3) is 0 Å². The Morgan fingerprint density at radius 3 is 2.76 bits per heavy atom. The average Bonchev–Trinajstić information content (AvgIpc) is 2.50. The summed E-state index contributed by atoms with van der Waals surface area (Å²) in [6.45, 7) is 3.37. The van der Waals surface area contributed by atoms with E-state index in [9.17, 15) is 8.42 Å². The first-order valence-electron chi connectivity index (χ1n) is 7.02. The number of sulfone groups is 1. The van der Waals surface area contributed by atoms with Crippen molar-refractivity contribution in [3.05, 3.63) is 29.8 Å². The molecule has 1 aromatic carbocycles. The van der Waals surface area contributed by atoms with Crippen LogP contribution >= 0.6 is 0 Å². The summed E-state index contributed by atoms with van der Waals surface area (Å²) in [5, 5.41) is 14.6. The number of nitrogens with two attached hydrogens (primary N) is 1. The van der Waals surface area contributed by atoms with Crippen LogP contribution in [0.3, 0.4) is 0 Å². The van der Waals surface area contributed by atoms with Crippen LogP contribution in [0.1, 0.15) is 31.7 Å². The first-order valence-corrected chi connectivity index (χ1v) is 8.68. The molecule has 1 rings (SSSR count). The minimum Gasteiger partial charge on any atom is -0.409 e. The van der Waals surface area contributed by atoms with Gasteiger partial charge in [-0.2, -0.15) is 0 Å². The van der Waals surface area contributed by atoms with E-state index in [1.54, 1.807) is 12.1 Å². The van der Waals surface area contributed by atoms with Crippen molar-refractivity contribution in [2.45, 2.75) is 31.1 Å². The summed E-state index contributed by atoms with van der Waals surface area (Å²) in [6.07, 6.45) is 3.33. The van der Waals surface area contributed by atoms with E-state index in [0.29, 0.717) is 12.1 Å². The molecule has 0 aliphatic heterocycles. The first-order chi connectivity index (χ1) is 10.0. The second kappa shape index (κ2) is 8.63. The molecule has 0 fully saturated rings. The van der Waals surface area contributed by atoms with Crippen molar-refractivity contribution in [1.29, 1.82) is 0 Å². The molecule has 7 heteroatoms. The van der Waals surface area contributed by atoms with Crippen molar-refractivity contribution < 1.29 is 13.6 Å². The van der Waals surface area contributed by atoms with Gasteiger partial charge in [0.05, 0.1) is 10.6 Å². The summed E-state index contributed by atoms with van der Waals surface area (Å²) >= 11 is 0. The molecule has 0 aliphatic rings. The number of nitrogens with one attached hydrogen (secondary N) is 1. The standard InChI is InChI=1S/C14H23N3O3S/c1-2-3-4-8-16-9-10-21(19,20)13-7-5-6-12(11-13)14(15)17-18/h5-7,11,16,18H,2-4,8-10H2,1H3,(H2,15,17). The highest BCUT2D eigenvalue weighted by Crippen LogP contribution is 2.13. The molecule has 0 heterocycles. The lowest BCUT2D eigenvalue weighted by Crippen LogP contribution is -2.24. The average molecular weight is 313 g/mol. The zero-order valence-electron chi connectivity index (χ0n) is 12.2. The van der Waals surface area contributed by atoms with Gasteiger partial charge in [-0.25, -0.2) is 8.42 Å². The monoisotopic (exact) mass is 313 g/mol. The van der Waals surface area contributed by atoms with E-state index in [2.05, 4.69) is 17.4 Å². The molecule has 118 valence electrons. The molecule has 6 nitrogen and oxygen atoms in total. The predicted octanol–water partition coefficient (Wildman–Crippen LogP) is 1.33. The van der Waals surface area contributed by atoms with Crippen molar-refractivity contribution in [1.82, 2.24) is 5.32 Å². The maximum atomic E-state index is 12.2. The third kappa shape index (κ3) is 5.73. The second-order valence-electron chi connectivity index (χ2n) is 4.79. The Kier molecular flexibility index (Phi) is 7.18. The van der Waals surface area contributed by atoms with Gasteiger partial charge in [0.15, 0.2) is 15.7 Å². The van der Waals surface area contributed by atoms with Crippen molar-refractivity contribution in [3.8, 4) is 0 Å². The van der Waals surface area contributed by atoms with Gasteiger partial charge < -0.3 is 16.3 Å². The molecule has 0 aliphatic carbocycles. The molecule has 0 atom stereocenters. The number of unbranched alkanes of at least 4 members (excludes halogenated alkanes) is 2. The Morgan fingerprint density at radius 1 is 1.33 bits per heavy atom. The van der Waals surface area contributed by atoms with Gasteiger partial charge in [0, 0.05) is 12.1 Å². The Hall–Kier alpha value is -1.60. The zero-order valence-corrected chi connectivity index (χ0v) is 13.1. The third-order valence-electron chi connectivity index (χ3n) is 3.10. The molecule has 0 radical (unpaired) electrons. The van der Waals surface area contributed by atoms with Crippen LogP contribution in [-0.2, 0) is 9.84 Å². The van der Waals surface area contributed by atoms with E-state index in [0.717, 1.165) is 25.8 Å². The maximum Gasteiger partial charge on any atom is 0.179 e. The van der Waals surface area contributed by atoms with Crippen molar-refractivity contribution in [2.24, 2.45) is 10.9 Å². The van der Waals surface area contributed by atoms with Gasteiger partial charge in [0.1, 0.15) is 0 Å². The fourth-order valence-corrected chi connectivity index (χ4v) is 3.10. The van der Waals surface area contributed by atoms with Crippen LogP contribution < -0.4 is 11.1 Å². The summed E-state index contributed by atoms with van der Waals surface area (Å²) in [5.74, 6) is -0.0802. The Morgan fingerprint density at radius 2 is 2.10 bits per heavy atom. The number of nitrogens with zero attached hydrogens (tertiary/aromatic N) is 1. The molecule has 1 aromatic rings. The highest BCUT2D eigenvalue weighted by atomic mass is 32.2. The molecule has 0 spiro atoms. The van der Waals surface area contributed by atoms with Crippen LogP contribution in [-0.4, -0.2) is 38.3 Å². The van der Waals surface area contributed by atoms with E-state index in [1.165, 1.54) is 12.1 Å². The maximum absolute atomic E-state index is 12.2. The quantitative estimate of drug-likeness (QED) is 0.210. The number of rotatable bonds is 9. The van der Waals surface area contributed by atoms with Crippen molar-refractivity contribution in [2.75, 3.05) is 18.8 Å². The lowest BCUT2D eigenvalue weighted by atomic mass is 10.2. The fraction of sp³-hybridized carbons (Fsp3) is 0.500. The van der Waals surface area contributed by atoms with Gasteiger partial charge in [-0.3, -0.25) is 0 Å². The fourth-order valence-electron chi connectivity index (χ4n) is 1.86. The molecule has 0 aromatic heterocycles. The van der Waals surface area contributed by atoms with E-state index in [1.807, 2.05) is 0 Å². The molecule has 0 saturated carbocycles. The number of hydrogen-bond acceptors (Lipinski definition) is 5. The van der Waals surface area contributed by atoms with E-state index >= 15 is 0 Å². The number of amidine groups is 1.